The predicted octanol–water partition coefficient (Wildman–Crippen LogP) is 1.63. The van der Waals surface area contributed by atoms with E-state index in [1.54, 1.807) is 0 Å². The van der Waals surface area contributed by atoms with E-state index < -0.39 is 0 Å². The standard InChI is InChI=1S/C15H19N3/c1-11-6-12(8-16)2-3-15(11)13-7-14-9-17-4-5-18(14)10-13/h2-3,6,13-14,17H,4-5,7,9-10H2,1H3/t13?,14-/m0/s1. The molecule has 2 aliphatic heterocycles. The lowest BCUT2D eigenvalue weighted by Gasteiger charge is -2.29. The van der Waals surface area contributed by atoms with Gasteiger partial charge < -0.3 is 5.32 Å². The van der Waals surface area contributed by atoms with Crippen LogP contribution in [0, 0.1) is 18.3 Å². The van der Waals surface area contributed by atoms with Gasteiger partial charge in [0.25, 0.3) is 0 Å². The Morgan fingerprint density at radius 1 is 1.44 bits per heavy atom. The van der Waals surface area contributed by atoms with Crippen molar-refractivity contribution in [1.29, 1.82) is 5.26 Å². The Hall–Kier alpha value is -1.37. The average molecular weight is 241 g/mol. The smallest absolute Gasteiger partial charge is 0.0991 e. The summed E-state index contributed by atoms with van der Waals surface area (Å²) in [6.45, 7) is 6.74. The van der Waals surface area contributed by atoms with E-state index in [1.165, 1.54) is 30.6 Å². The number of hydrogen-bond acceptors (Lipinski definition) is 3. The van der Waals surface area contributed by atoms with Crippen molar-refractivity contribution in [3.8, 4) is 6.07 Å². The van der Waals surface area contributed by atoms with Gasteiger partial charge in [-0.2, -0.15) is 5.26 Å². The zero-order valence-corrected chi connectivity index (χ0v) is 10.8. The summed E-state index contributed by atoms with van der Waals surface area (Å²) in [6, 6.07) is 9.05. The van der Waals surface area contributed by atoms with Gasteiger partial charge in [0, 0.05) is 32.2 Å². The first-order valence-electron chi connectivity index (χ1n) is 6.73. The SMILES string of the molecule is Cc1cc(C#N)ccc1C1C[C@H]2CNCCN2C1. The number of fused-ring (bicyclic) bond motifs is 1. The molecule has 0 saturated carbocycles. The zero-order valence-electron chi connectivity index (χ0n) is 10.8. The van der Waals surface area contributed by atoms with Gasteiger partial charge >= 0.3 is 0 Å². The molecule has 2 fully saturated rings. The van der Waals surface area contributed by atoms with E-state index in [4.69, 9.17) is 5.26 Å². The summed E-state index contributed by atoms with van der Waals surface area (Å²) < 4.78 is 0. The number of nitrogens with one attached hydrogen (secondary N) is 1. The van der Waals surface area contributed by atoms with Gasteiger partial charge in [0.15, 0.2) is 0 Å². The van der Waals surface area contributed by atoms with Crippen molar-refractivity contribution >= 4 is 0 Å². The Morgan fingerprint density at radius 2 is 2.33 bits per heavy atom. The van der Waals surface area contributed by atoms with E-state index in [-0.39, 0.29) is 0 Å². The highest BCUT2D eigenvalue weighted by molar-refractivity contribution is 5.39. The van der Waals surface area contributed by atoms with Crippen LogP contribution >= 0.6 is 0 Å². The maximum Gasteiger partial charge on any atom is 0.0991 e. The van der Waals surface area contributed by atoms with Crippen LogP contribution in [0.1, 0.15) is 29.0 Å². The Labute approximate surface area is 108 Å². The number of piperazine rings is 1. The number of nitrogens with zero attached hydrogens (tertiary/aromatic N) is 2. The van der Waals surface area contributed by atoms with Crippen LogP contribution in [0.3, 0.4) is 0 Å². The minimum Gasteiger partial charge on any atom is -0.314 e. The third kappa shape index (κ3) is 2.03. The summed E-state index contributed by atoms with van der Waals surface area (Å²) in [7, 11) is 0. The van der Waals surface area contributed by atoms with E-state index in [0.29, 0.717) is 12.0 Å². The second-order valence-corrected chi connectivity index (χ2v) is 5.47. The molecular weight excluding hydrogens is 222 g/mol. The average Bonchev–Trinajstić information content (AvgIpc) is 2.81. The van der Waals surface area contributed by atoms with Crippen LogP contribution in [-0.4, -0.2) is 37.1 Å². The Balaban J connectivity index is 1.82. The summed E-state index contributed by atoms with van der Waals surface area (Å²) in [4.78, 5) is 2.61. The van der Waals surface area contributed by atoms with Gasteiger partial charge in [-0.1, -0.05) is 6.07 Å². The fraction of sp³-hybridized carbons (Fsp3) is 0.533. The highest BCUT2D eigenvalue weighted by Gasteiger charge is 2.34. The van der Waals surface area contributed by atoms with Gasteiger partial charge in [0.05, 0.1) is 11.6 Å². The van der Waals surface area contributed by atoms with E-state index >= 15 is 0 Å². The lowest BCUT2D eigenvalue weighted by Crippen LogP contribution is -2.47. The fourth-order valence-electron chi connectivity index (χ4n) is 3.39. The first-order valence-corrected chi connectivity index (χ1v) is 6.73. The molecule has 3 heteroatoms. The Kier molecular flexibility index (Phi) is 3.07. The second-order valence-electron chi connectivity index (χ2n) is 5.47. The van der Waals surface area contributed by atoms with Crippen molar-refractivity contribution in [2.75, 3.05) is 26.2 Å². The Bertz CT molecular complexity index is 475. The number of aryl methyl sites for hydroxylation is 1. The third-order valence-corrected chi connectivity index (χ3v) is 4.32. The van der Waals surface area contributed by atoms with Gasteiger partial charge in [-0.3, -0.25) is 4.90 Å². The van der Waals surface area contributed by atoms with Gasteiger partial charge in [-0.15, -0.1) is 0 Å². The van der Waals surface area contributed by atoms with Gasteiger partial charge in [0.1, 0.15) is 0 Å². The zero-order chi connectivity index (χ0) is 12.5. The maximum absolute atomic E-state index is 8.92. The van der Waals surface area contributed by atoms with Gasteiger partial charge in [-0.25, -0.2) is 0 Å². The summed E-state index contributed by atoms with van der Waals surface area (Å²) >= 11 is 0. The number of rotatable bonds is 1. The van der Waals surface area contributed by atoms with Crippen LogP contribution in [0.4, 0.5) is 0 Å². The fourth-order valence-corrected chi connectivity index (χ4v) is 3.39. The minimum absolute atomic E-state index is 0.641. The van der Waals surface area contributed by atoms with Crippen LogP contribution in [0.15, 0.2) is 18.2 Å². The number of nitriles is 1. The summed E-state index contributed by atoms with van der Waals surface area (Å²) in [6.07, 6.45) is 1.25. The largest absolute Gasteiger partial charge is 0.314 e. The van der Waals surface area contributed by atoms with Crippen LogP contribution in [0.2, 0.25) is 0 Å². The summed E-state index contributed by atoms with van der Waals surface area (Å²) in [5.74, 6) is 0.641. The molecule has 0 bridgehead atoms. The van der Waals surface area contributed by atoms with E-state index in [2.05, 4.69) is 29.3 Å². The molecule has 0 aliphatic carbocycles. The van der Waals surface area contributed by atoms with Crippen molar-refractivity contribution in [3.05, 3.63) is 34.9 Å². The molecule has 1 aromatic carbocycles. The van der Waals surface area contributed by atoms with Crippen LogP contribution in [0.25, 0.3) is 0 Å². The molecule has 0 aromatic heterocycles. The van der Waals surface area contributed by atoms with Gasteiger partial charge in [0.2, 0.25) is 0 Å². The molecule has 18 heavy (non-hydrogen) atoms. The molecule has 0 spiro atoms. The molecule has 0 radical (unpaired) electrons. The molecular formula is C15H19N3. The van der Waals surface area contributed by atoms with E-state index in [1.807, 2.05) is 12.1 Å². The highest BCUT2D eigenvalue weighted by atomic mass is 15.2. The molecule has 1 N–H and O–H groups in total. The monoisotopic (exact) mass is 241 g/mol. The molecule has 3 nitrogen and oxygen atoms in total. The van der Waals surface area contributed by atoms with Crippen LogP contribution in [0.5, 0.6) is 0 Å². The minimum atomic E-state index is 0.641. The molecule has 1 unspecified atom stereocenters. The normalized spacial score (nSPS) is 27.8. The topological polar surface area (TPSA) is 39.1 Å². The van der Waals surface area contributed by atoms with Gasteiger partial charge in [-0.05, 0) is 42.5 Å². The molecule has 3 rings (SSSR count). The summed E-state index contributed by atoms with van der Waals surface area (Å²) in [5, 5.41) is 12.4. The molecule has 2 saturated heterocycles. The molecule has 0 amide bonds. The molecule has 2 aliphatic rings. The third-order valence-electron chi connectivity index (χ3n) is 4.32. The maximum atomic E-state index is 8.92. The van der Waals surface area contributed by atoms with Crippen LogP contribution in [-0.2, 0) is 0 Å². The molecule has 2 atom stereocenters. The van der Waals surface area contributed by atoms with E-state index in [0.717, 1.165) is 18.7 Å². The number of benzene rings is 1. The van der Waals surface area contributed by atoms with Crippen molar-refractivity contribution < 1.29 is 0 Å². The van der Waals surface area contributed by atoms with Crippen LogP contribution < -0.4 is 5.32 Å². The summed E-state index contributed by atoms with van der Waals surface area (Å²) in [5.41, 5.74) is 3.48. The molecule has 94 valence electrons. The molecule has 2 heterocycles. The van der Waals surface area contributed by atoms with E-state index in [9.17, 15) is 0 Å². The predicted molar refractivity (Wildman–Crippen MR) is 71.5 cm³/mol. The Morgan fingerprint density at radius 3 is 3.06 bits per heavy atom. The first-order chi connectivity index (χ1) is 8.78. The lowest BCUT2D eigenvalue weighted by atomic mass is 9.91. The second kappa shape index (κ2) is 4.72. The highest BCUT2D eigenvalue weighted by Crippen LogP contribution is 2.34. The van der Waals surface area contributed by atoms with Crippen molar-refractivity contribution in [2.45, 2.75) is 25.3 Å². The molecule has 1 aromatic rings. The quantitative estimate of drug-likeness (QED) is 0.812. The first kappa shape index (κ1) is 11.7. The van der Waals surface area contributed by atoms with Crippen molar-refractivity contribution in [1.82, 2.24) is 10.2 Å². The number of hydrogen-bond donors (Lipinski definition) is 1. The lowest BCUT2D eigenvalue weighted by molar-refractivity contribution is 0.211. The van der Waals surface area contributed by atoms with Crippen molar-refractivity contribution in [2.24, 2.45) is 0 Å². The van der Waals surface area contributed by atoms with Crippen molar-refractivity contribution in [3.63, 3.8) is 0 Å².